The Balaban J connectivity index is 0.00000432. The number of ether oxygens (including phenoxy) is 1. The number of hydrogen-bond acceptors (Lipinski definition) is 8. The average molecular weight is 699 g/mol. The first kappa shape index (κ1) is 36.6. The number of halogens is 3. The van der Waals surface area contributed by atoms with Crippen LogP contribution in [0.3, 0.4) is 0 Å². The summed E-state index contributed by atoms with van der Waals surface area (Å²) in [6.45, 7) is 2.63. The van der Waals surface area contributed by atoms with Crippen LogP contribution in [0, 0.1) is 11.3 Å². The molecule has 0 radical (unpaired) electrons. The van der Waals surface area contributed by atoms with Crippen LogP contribution in [0.2, 0.25) is 0 Å². The molecule has 0 bridgehead atoms. The van der Waals surface area contributed by atoms with Gasteiger partial charge in [0.2, 0.25) is 0 Å². The van der Waals surface area contributed by atoms with Crippen molar-refractivity contribution in [2.75, 3.05) is 50.2 Å². The summed E-state index contributed by atoms with van der Waals surface area (Å²) in [5.41, 5.74) is 4.09. The normalized spacial score (nSPS) is 18.2. The number of piperidine rings is 1. The van der Waals surface area contributed by atoms with Gasteiger partial charge in [-0.1, -0.05) is 19.3 Å². The van der Waals surface area contributed by atoms with Crippen molar-refractivity contribution in [1.82, 2.24) is 19.9 Å². The summed E-state index contributed by atoms with van der Waals surface area (Å²) >= 11 is 0. The van der Waals surface area contributed by atoms with Crippen molar-refractivity contribution in [1.29, 1.82) is 0 Å². The van der Waals surface area contributed by atoms with Gasteiger partial charge in [0.25, 0.3) is 0 Å². The Hall–Kier alpha value is -3.19. The van der Waals surface area contributed by atoms with Gasteiger partial charge >= 0.3 is 35.7 Å². The maximum Gasteiger partial charge on any atom is 1.00 e. The second-order valence-electron chi connectivity index (χ2n) is 14.2. The van der Waals surface area contributed by atoms with E-state index in [0.717, 1.165) is 61.5 Å². The fraction of sp³-hybridized carbons (Fsp3) is 0.514. The number of rotatable bonds is 10. The van der Waals surface area contributed by atoms with Crippen LogP contribution in [-0.4, -0.2) is 66.3 Å². The van der Waals surface area contributed by atoms with Crippen molar-refractivity contribution in [2.24, 2.45) is 11.3 Å². The number of nitrogens with one attached hydrogen (secondary N) is 1. The molecule has 4 heterocycles. The molecule has 3 fully saturated rings. The SMILES string of the molecule is COCC1(CN(C)c2cc(-c3cc(C4CC4)nc(C(F)(F)F)c3)nc3nc(-c4ccc(N5CCC(C(=O)[O-])CC5)cc4)[nH]c23)CCCCC1.[Na+]. The van der Waals surface area contributed by atoms with E-state index in [1.165, 1.54) is 6.42 Å². The Bertz CT molecular complexity index is 1810. The molecule has 4 aromatic rings. The number of aromatic amines is 1. The number of aliphatic carboxylic acids is 1. The average Bonchev–Trinajstić information content (AvgIpc) is 3.86. The molecule has 2 aliphatic carbocycles. The molecule has 1 aromatic carbocycles. The van der Waals surface area contributed by atoms with Gasteiger partial charge in [-0.05, 0) is 81.0 Å². The van der Waals surface area contributed by atoms with E-state index < -0.39 is 23.8 Å². The third-order valence-electron chi connectivity index (χ3n) is 10.6. The van der Waals surface area contributed by atoms with E-state index in [1.54, 1.807) is 13.2 Å². The van der Waals surface area contributed by atoms with Gasteiger partial charge in [0.1, 0.15) is 17.0 Å². The zero-order valence-corrected chi connectivity index (χ0v) is 31.0. The minimum Gasteiger partial charge on any atom is -0.550 e. The molecule has 0 amide bonds. The molecule has 1 aliphatic heterocycles. The topological polar surface area (TPSA) is 110 Å². The first-order valence-corrected chi connectivity index (χ1v) is 17.3. The third kappa shape index (κ3) is 7.83. The minimum atomic E-state index is -4.58. The number of carbonyl (C=O) groups excluding carboxylic acids is 1. The molecule has 1 saturated heterocycles. The summed E-state index contributed by atoms with van der Waals surface area (Å²) in [6.07, 6.45) is 3.73. The number of hydrogen-bond donors (Lipinski definition) is 1. The Morgan fingerprint density at radius 2 is 1.70 bits per heavy atom. The largest absolute Gasteiger partial charge is 1.00 e. The molecule has 3 aliphatic rings. The van der Waals surface area contributed by atoms with Gasteiger partial charge in [-0.25, -0.2) is 15.0 Å². The number of H-pyrrole nitrogens is 1. The smallest absolute Gasteiger partial charge is 0.550 e. The zero-order chi connectivity index (χ0) is 34.3. The molecule has 3 aromatic heterocycles. The summed E-state index contributed by atoms with van der Waals surface area (Å²) in [7, 11) is 3.76. The molecule has 7 rings (SSSR count). The molecular formula is C37H42F3N6NaO3. The molecule has 2 saturated carbocycles. The summed E-state index contributed by atoms with van der Waals surface area (Å²) in [6, 6.07) is 12.7. The molecule has 13 heteroatoms. The van der Waals surface area contributed by atoms with Gasteiger partial charge in [-0.3, -0.25) is 0 Å². The number of alkyl halides is 3. The van der Waals surface area contributed by atoms with Crippen molar-refractivity contribution in [3.8, 4) is 22.6 Å². The molecule has 0 atom stereocenters. The van der Waals surface area contributed by atoms with Crippen LogP contribution in [0.25, 0.3) is 33.8 Å². The number of carbonyl (C=O) groups is 1. The number of carboxylic acids is 1. The van der Waals surface area contributed by atoms with Crippen molar-refractivity contribution < 1.29 is 57.4 Å². The van der Waals surface area contributed by atoms with Gasteiger partial charge in [0, 0.05) is 79.5 Å². The number of imidazole rings is 1. The number of aromatic nitrogens is 4. The van der Waals surface area contributed by atoms with Crippen molar-refractivity contribution in [3.63, 3.8) is 0 Å². The van der Waals surface area contributed by atoms with Gasteiger partial charge < -0.3 is 29.4 Å². The van der Waals surface area contributed by atoms with E-state index in [-0.39, 0.29) is 40.9 Å². The van der Waals surface area contributed by atoms with Crippen LogP contribution in [0.15, 0.2) is 42.5 Å². The van der Waals surface area contributed by atoms with Crippen LogP contribution in [-0.2, 0) is 15.7 Å². The summed E-state index contributed by atoms with van der Waals surface area (Å²) < 4.78 is 47.8. The number of pyridine rings is 2. The summed E-state index contributed by atoms with van der Waals surface area (Å²) in [5, 5.41) is 11.3. The van der Waals surface area contributed by atoms with Crippen LogP contribution >= 0.6 is 0 Å². The van der Waals surface area contributed by atoms with Crippen molar-refractivity contribution in [2.45, 2.75) is 69.9 Å². The predicted molar refractivity (Wildman–Crippen MR) is 180 cm³/mol. The molecule has 9 nitrogen and oxygen atoms in total. The number of carboxylic acid groups (broad SMARTS) is 1. The molecule has 50 heavy (non-hydrogen) atoms. The second-order valence-corrected chi connectivity index (χ2v) is 14.2. The van der Waals surface area contributed by atoms with Gasteiger partial charge in [-0.2, -0.15) is 13.2 Å². The predicted octanol–water partition coefficient (Wildman–Crippen LogP) is 3.59. The summed E-state index contributed by atoms with van der Waals surface area (Å²) in [5.74, 6) is -0.758. The van der Waals surface area contributed by atoms with Crippen molar-refractivity contribution in [3.05, 3.63) is 53.9 Å². The fourth-order valence-electron chi connectivity index (χ4n) is 7.74. The molecule has 0 unspecified atom stereocenters. The van der Waals surface area contributed by atoms with E-state index >= 15 is 0 Å². The number of methoxy groups -OCH3 is 1. The monoisotopic (exact) mass is 698 g/mol. The van der Waals surface area contributed by atoms with E-state index in [1.807, 2.05) is 37.4 Å². The molecule has 0 spiro atoms. The molecule has 1 N–H and O–H groups in total. The number of anilines is 2. The van der Waals surface area contributed by atoms with E-state index in [4.69, 9.17) is 14.7 Å². The molecule has 260 valence electrons. The van der Waals surface area contributed by atoms with E-state index in [9.17, 15) is 23.1 Å². The van der Waals surface area contributed by atoms with Gasteiger partial charge in [0.15, 0.2) is 5.65 Å². The Labute approximate surface area is 312 Å². The van der Waals surface area contributed by atoms with Gasteiger partial charge in [0.05, 0.1) is 18.0 Å². The zero-order valence-electron chi connectivity index (χ0n) is 29.0. The Morgan fingerprint density at radius 1 is 1.00 bits per heavy atom. The number of nitrogens with zero attached hydrogens (tertiary/aromatic N) is 5. The Kier molecular flexibility index (Phi) is 10.8. The first-order chi connectivity index (χ1) is 23.5. The minimum absolute atomic E-state index is 0. The van der Waals surface area contributed by atoms with Crippen LogP contribution in [0.1, 0.15) is 75.1 Å². The fourth-order valence-corrected chi connectivity index (χ4v) is 7.74. The maximum atomic E-state index is 14.0. The maximum absolute atomic E-state index is 14.0. The second kappa shape index (κ2) is 14.8. The van der Waals surface area contributed by atoms with Crippen LogP contribution in [0.4, 0.5) is 24.5 Å². The van der Waals surface area contributed by atoms with Crippen LogP contribution in [0.5, 0.6) is 0 Å². The van der Waals surface area contributed by atoms with Crippen molar-refractivity contribution >= 4 is 28.5 Å². The standard InChI is InChI=1S/C37H43F3N6O3.Na/c1-45(21-36(22-49-2)14-4-3-5-15-36)30-20-29(26-18-28(23-6-7-23)41-31(19-26)37(38,39)40)42-34-32(30)43-33(44-34)24-8-10-27(11-9-24)46-16-12-25(13-17-46)35(47)48;/h8-11,18-20,23,25H,3-7,12-17,21-22H2,1-2H3,(H,47,48)(H,42,43,44);/q;+1/p-1. The van der Waals surface area contributed by atoms with E-state index in [0.29, 0.717) is 73.0 Å². The Morgan fingerprint density at radius 3 is 2.32 bits per heavy atom. The number of fused-ring (bicyclic) bond motifs is 1. The third-order valence-corrected chi connectivity index (χ3v) is 10.6. The van der Waals surface area contributed by atoms with Crippen LogP contribution < -0.4 is 44.5 Å². The molecular weight excluding hydrogens is 656 g/mol. The summed E-state index contributed by atoms with van der Waals surface area (Å²) in [4.78, 5) is 32.8. The quantitative estimate of drug-likeness (QED) is 0.251. The first-order valence-electron chi connectivity index (χ1n) is 17.3. The number of benzene rings is 1. The van der Waals surface area contributed by atoms with E-state index in [2.05, 4.69) is 19.8 Å². The van der Waals surface area contributed by atoms with Gasteiger partial charge in [-0.15, -0.1) is 0 Å².